The van der Waals surface area contributed by atoms with E-state index in [1.807, 2.05) is 50.2 Å². The van der Waals surface area contributed by atoms with Crippen LogP contribution in [0.15, 0.2) is 52.9 Å². The molecular weight excluding hydrogens is 314 g/mol. The third-order valence-corrected chi connectivity index (χ3v) is 4.60. The van der Waals surface area contributed by atoms with Crippen LogP contribution in [0.2, 0.25) is 0 Å². The highest BCUT2D eigenvalue weighted by Crippen LogP contribution is 2.38. The number of carbonyl (C=O) groups is 2. The molecule has 4 heteroatoms. The summed E-state index contributed by atoms with van der Waals surface area (Å²) < 4.78 is 5.99. The second-order valence-corrected chi connectivity index (χ2v) is 6.28. The highest BCUT2D eigenvalue weighted by atomic mass is 16.3. The minimum Gasteiger partial charge on any atom is -0.458 e. The molecule has 0 unspecified atom stereocenters. The van der Waals surface area contributed by atoms with Crippen molar-refractivity contribution in [1.29, 1.82) is 0 Å². The normalized spacial score (nSPS) is 12.7. The first kappa shape index (κ1) is 15.4. The van der Waals surface area contributed by atoms with Gasteiger partial charge in [-0.25, -0.2) is 0 Å². The fraction of sp³-hybridized carbons (Fsp3) is 0.143. The zero-order chi connectivity index (χ0) is 17.6. The molecule has 0 spiro atoms. The van der Waals surface area contributed by atoms with Gasteiger partial charge in [-0.15, -0.1) is 0 Å². The molecule has 0 saturated heterocycles. The van der Waals surface area contributed by atoms with E-state index in [2.05, 4.69) is 5.32 Å². The predicted octanol–water partition coefficient (Wildman–Crippen LogP) is 4.55. The Bertz CT molecular complexity index is 996. The molecule has 4 rings (SSSR count). The molecule has 0 amide bonds. The first-order valence-electron chi connectivity index (χ1n) is 8.17. The Morgan fingerprint density at radius 2 is 1.56 bits per heavy atom. The van der Waals surface area contributed by atoms with Gasteiger partial charge in [-0.3, -0.25) is 9.59 Å². The van der Waals surface area contributed by atoms with Crippen LogP contribution in [0.1, 0.15) is 37.6 Å². The van der Waals surface area contributed by atoms with Gasteiger partial charge >= 0.3 is 0 Å². The number of hydrogen-bond donors (Lipinski definition) is 1. The first-order chi connectivity index (χ1) is 12.1. The number of fused-ring (bicyclic) bond motifs is 3. The van der Waals surface area contributed by atoms with Crippen molar-refractivity contribution in [3.63, 3.8) is 0 Å². The lowest BCUT2D eigenvalue weighted by atomic mass is 9.87. The highest BCUT2D eigenvalue weighted by molar-refractivity contribution is 6.53. The molecule has 0 radical (unpaired) electrons. The predicted molar refractivity (Wildman–Crippen MR) is 96.0 cm³/mol. The summed E-state index contributed by atoms with van der Waals surface area (Å²) in [6.45, 7) is 4.31. The van der Waals surface area contributed by atoms with Gasteiger partial charge < -0.3 is 9.73 Å². The van der Waals surface area contributed by atoms with E-state index < -0.39 is 11.6 Å². The molecule has 124 valence electrons. The fourth-order valence-electron chi connectivity index (χ4n) is 3.16. The maximum atomic E-state index is 12.5. The van der Waals surface area contributed by atoms with Gasteiger partial charge in [-0.1, -0.05) is 42.0 Å². The molecule has 0 saturated carbocycles. The smallest absolute Gasteiger partial charge is 0.237 e. The quantitative estimate of drug-likeness (QED) is 0.715. The summed E-state index contributed by atoms with van der Waals surface area (Å²) in [4.78, 5) is 24.8. The van der Waals surface area contributed by atoms with Crippen molar-refractivity contribution >= 4 is 17.3 Å². The molecule has 1 aromatic heterocycles. The largest absolute Gasteiger partial charge is 0.458 e. The average molecular weight is 331 g/mol. The summed E-state index contributed by atoms with van der Waals surface area (Å²) >= 11 is 0. The molecule has 25 heavy (non-hydrogen) atoms. The summed E-state index contributed by atoms with van der Waals surface area (Å²) in [5.74, 6) is 0.211. The number of carbonyl (C=O) groups excluding carboxylic acids is 2. The zero-order valence-electron chi connectivity index (χ0n) is 14.1. The Morgan fingerprint density at radius 3 is 2.28 bits per heavy atom. The van der Waals surface area contributed by atoms with E-state index in [0.29, 0.717) is 34.8 Å². The molecule has 0 fully saturated rings. The van der Waals surface area contributed by atoms with E-state index in [1.165, 1.54) is 5.56 Å². The highest BCUT2D eigenvalue weighted by Gasteiger charge is 2.35. The lowest BCUT2D eigenvalue weighted by Crippen LogP contribution is -2.20. The maximum Gasteiger partial charge on any atom is 0.237 e. The monoisotopic (exact) mass is 331 g/mol. The van der Waals surface area contributed by atoms with E-state index >= 15 is 0 Å². The number of benzene rings is 2. The van der Waals surface area contributed by atoms with Crippen LogP contribution >= 0.6 is 0 Å². The summed E-state index contributed by atoms with van der Waals surface area (Å²) in [6, 6.07) is 15.1. The van der Waals surface area contributed by atoms with Crippen LogP contribution in [0.3, 0.4) is 0 Å². The Balaban J connectivity index is 1.71. The Kier molecular flexibility index (Phi) is 3.53. The second-order valence-electron chi connectivity index (χ2n) is 6.28. The zero-order valence-corrected chi connectivity index (χ0v) is 14.1. The Morgan fingerprint density at radius 1 is 0.880 bits per heavy atom. The summed E-state index contributed by atoms with van der Waals surface area (Å²) in [6.07, 6.45) is 0. The minimum absolute atomic E-state index is 0.393. The van der Waals surface area contributed by atoms with E-state index in [9.17, 15) is 9.59 Å². The molecule has 3 aromatic rings. The maximum absolute atomic E-state index is 12.5. The van der Waals surface area contributed by atoms with Crippen molar-refractivity contribution in [1.82, 2.24) is 0 Å². The van der Waals surface area contributed by atoms with Crippen LogP contribution in [0.5, 0.6) is 0 Å². The van der Waals surface area contributed by atoms with Crippen LogP contribution in [0, 0.1) is 13.8 Å². The van der Waals surface area contributed by atoms with Crippen LogP contribution in [0.25, 0.3) is 11.3 Å². The van der Waals surface area contributed by atoms with Crippen LogP contribution < -0.4 is 5.32 Å². The van der Waals surface area contributed by atoms with Crippen LogP contribution in [-0.2, 0) is 6.54 Å². The molecule has 0 bridgehead atoms. The number of aryl methyl sites for hydroxylation is 1. The number of rotatable bonds is 3. The van der Waals surface area contributed by atoms with Crippen molar-refractivity contribution in [3.05, 3.63) is 76.5 Å². The molecule has 0 atom stereocenters. The van der Waals surface area contributed by atoms with Gasteiger partial charge in [0.15, 0.2) is 0 Å². The lowest BCUT2D eigenvalue weighted by Gasteiger charge is -2.12. The van der Waals surface area contributed by atoms with Crippen molar-refractivity contribution < 1.29 is 14.0 Å². The summed E-state index contributed by atoms with van der Waals surface area (Å²) in [5, 5.41) is 3.30. The standard InChI is InChI=1S/C21H17NO3/c1-12-7-9-14(10-8-12)22-11-17-13(2)18-20(24)19(23)15-5-3-4-6-16(15)21(18)25-17/h3-10,22H,11H2,1-2H3. The van der Waals surface area contributed by atoms with E-state index in [4.69, 9.17) is 4.42 Å². The second kappa shape index (κ2) is 5.74. The van der Waals surface area contributed by atoms with Gasteiger partial charge in [0.05, 0.1) is 12.1 Å². The topological polar surface area (TPSA) is 59.3 Å². The van der Waals surface area contributed by atoms with Gasteiger partial charge in [0.2, 0.25) is 11.6 Å². The minimum atomic E-state index is -0.489. The lowest BCUT2D eigenvalue weighted by molar-refractivity contribution is 0.0814. The first-order valence-corrected chi connectivity index (χ1v) is 8.17. The molecule has 1 heterocycles. The molecule has 1 aliphatic carbocycles. The SMILES string of the molecule is Cc1ccc(NCc2oc3c(c2C)C(=O)C(=O)c2ccccc2-3)cc1. The third-order valence-electron chi connectivity index (χ3n) is 4.60. The van der Waals surface area contributed by atoms with Gasteiger partial charge in [0.1, 0.15) is 11.5 Å². The number of furan rings is 1. The average Bonchev–Trinajstić information content (AvgIpc) is 2.96. The van der Waals surface area contributed by atoms with Gasteiger partial charge in [0, 0.05) is 22.4 Å². The molecule has 0 aliphatic heterocycles. The molecule has 4 nitrogen and oxygen atoms in total. The van der Waals surface area contributed by atoms with Crippen molar-refractivity contribution in [2.45, 2.75) is 20.4 Å². The van der Waals surface area contributed by atoms with Crippen LogP contribution in [-0.4, -0.2) is 11.6 Å². The van der Waals surface area contributed by atoms with Crippen molar-refractivity contribution in [3.8, 4) is 11.3 Å². The van der Waals surface area contributed by atoms with Gasteiger partial charge in [0.25, 0.3) is 0 Å². The number of hydrogen-bond acceptors (Lipinski definition) is 4. The number of Topliss-reactive ketones (excluding diaryl/α,β-unsaturated/α-hetero) is 2. The molecule has 1 aliphatic rings. The van der Waals surface area contributed by atoms with E-state index in [-0.39, 0.29) is 0 Å². The summed E-state index contributed by atoms with van der Waals surface area (Å²) in [5.41, 5.74) is 4.38. The third kappa shape index (κ3) is 2.47. The fourth-order valence-corrected chi connectivity index (χ4v) is 3.16. The Hall–Kier alpha value is -3.14. The Labute approximate surface area is 145 Å². The molecule has 2 aromatic carbocycles. The van der Waals surface area contributed by atoms with Crippen molar-refractivity contribution in [2.24, 2.45) is 0 Å². The molecule has 1 N–H and O–H groups in total. The summed E-state index contributed by atoms with van der Waals surface area (Å²) in [7, 11) is 0. The van der Waals surface area contributed by atoms with Crippen molar-refractivity contribution in [2.75, 3.05) is 5.32 Å². The number of nitrogens with one attached hydrogen (secondary N) is 1. The van der Waals surface area contributed by atoms with E-state index in [1.54, 1.807) is 12.1 Å². The van der Waals surface area contributed by atoms with Gasteiger partial charge in [-0.2, -0.15) is 0 Å². The van der Waals surface area contributed by atoms with Gasteiger partial charge in [-0.05, 0) is 26.0 Å². The number of anilines is 1. The van der Waals surface area contributed by atoms with E-state index in [0.717, 1.165) is 11.3 Å². The molecular formula is C21H17NO3. The number of ketones is 2. The van der Waals surface area contributed by atoms with Crippen LogP contribution in [0.4, 0.5) is 5.69 Å².